The van der Waals surface area contributed by atoms with Gasteiger partial charge in [0.1, 0.15) is 0 Å². The van der Waals surface area contributed by atoms with Gasteiger partial charge >= 0.3 is 5.97 Å². The Morgan fingerprint density at radius 2 is 1.72 bits per heavy atom. The maximum absolute atomic E-state index is 11.6. The molecule has 0 aliphatic rings. The van der Waals surface area contributed by atoms with E-state index in [1.807, 2.05) is 25.1 Å². The molecule has 0 atom stereocenters. The molecule has 150 valence electrons. The summed E-state index contributed by atoms with van der Waals surface area (Å²) in [5.74, 6) is -0.913. The maximum atomic E-state index is 11.6. The van der Waals surface area contributed by atoms with E-state index in [1.54, 1.807) is 12.1 Å². The quantitative estimate of drug-likeness (QED) is 0.520. The van der Waals surface area contributed by atoms with Crippen molar-refractivity contribution in [3.8, 4) is 16.8 Å². The number of rotatable bonds is 5. The molecule has 3 aromatic rings. The Labute approximate surface area is 173 Å². The minimum absolute atomic E-state index is 0.0745. The van der Waals surface area contributed by atoms with Gasteiger partial charge < -0.3 is 9.67 Å². The molecule has 0 fully saturated rings. The van der Waals surface area contributed by atoms with Crippen LogP contribution >= 0.6 is 0 Å². The van der Waals surface area contributed by atoms with Gasteiger partial charge in [-0.25, -0.2) is 4.79 Å². The lowest BCUT2D eigenvalue weighted by Gasteiger charge is -2.23. The molecule has 0 aliphatic carbocycles. The predicted octanol–water partition coefficient (Wildman–Crippen LogP) is 6.85. The fourth-order valence-corrected chi connectivity index (χ4v) is 3.61. The van der Waals surface area contributed by atoms with Crippen molar-refractivity contribution in [2.24, 2.45) is 5.41 Å². The fourth-order valence-electron chi connectivity index (χ4n) is 3.61. The van der Waals surface area contributed by atoms with Gasteiger partial charge in [-0.05, 0) is 61.1 Å². The number of allylic oxidation sites excluding steroid dienone is 2. The minimum atomic E-state index is -0.913. The van der Waals surface area contributed by atoms with Crippen LogP contribution in [0.4, 0.5) is 0 Å². The van der Waals surface area contributed by atoms with E-state index in [9.17, 15) is 9.90 Å². The number of aromatic nitrogens is 1. The second kappa shape index (κ2) is 8.12. The first kappa shape index (κ1) is 20.7. The van der Waals surface area contributed by atoms with Gasteiger partial charge in [0, 0.05) is 22.6 Å². The first-order valence-electron chi connectivity index (χ1n) is 9.98. The second-order valence-corrected chi connectivity index (χ2v) is 8.66. The van der Waals surface area contributed by atoms with Crippen LogP contribution in [-0.2, 0) is 6.42 Å². The molecule has 3 rings (SSSR count). The normalized spacial score (nSPS) is 12.2. The summed E-state index contributed by atoms with van der Waals surface area (Å²) in [4.78, 5) is 11.6. The summed E-state index contributed by atoms with van der Waals surface area (Å²) in [5.41, 5.74) is 7.05. The van der Waals surface area contributed by atoms with E-state index in [0.717, 1.165) is 23.4 Å². The van der Waals surface area contributed by atoms with Gasteiger partial charge in [-0.15, -0.1) is 0 Å². The standard InChI is InChI=1S/C26H29NO2/c1-6-18(2)23-16-22(19-11-8-7-9-12-19)24(17-26(3,4)5)27(23)21-14-10-13-20(15-21)25(28)29/h6-16H,17H2,1-5H3,(H,28,29)/b18-6+. The van der Waals surface area contributed by atoms with Gasteiger partial charge in [0.25, 0.3) is 0 Å². The van der Waals surface area contributed by atoms with Crippen LogP contribution in [0.25, 0.3) is 22.4 Å². The highest BCUT2D eigenvalue weighted by molar-refractivity contribution is 5.88. The van der Waals surface area contributed by atoms with Crippen molar-refractivity contribution >= 4 is 11.5 Å². The predicted molar refractivity (Wildman–Crippen MR) is 121 cm³/mol. The average molecular weight is 388 g/mol. The number of benzene rings is 2. The third-order valence-corrected chi connectivity index (χ3v) is 5.07. The summed E-state index contributed by atoms with van der Waals surface area (Å²) in [6.45, 7) is 10.8. The van der Waals surface area contributed by atoms with Crippen molar-refractivity contribution in [3.63, 3.8) is 0 Å². The summed E-state index contributed by atoms with van der Waals surface area (Å²) < 4.78 is 2.23. The number of carbonyl (C=O) groups is 1. The zero-order valence-electron chi connectivity index (χ0n) is 17.9. The molecule has 29 heavy (non-hydrogen) atoms. The molecule has 1 heterocycles. The Balaban J connectivity index is 2.36. The Kier molecular flexibility index (Phi) is 5.78. The summed E-state index contributed by atoms with van der Waals surface area (Å²) in [5, 5.41) is 9.50. The summed E-state index contributed by atoms with van der Waals surface area (Å²) in [6.07, 6.45) is 2.97. The van der Waals surface area contributed by atoms with Crippen molar-refractivity contribution in [2.75, 3.05) is 0 Å². The number of hydrogen-bond acceptors (Lipinski definition) is 1. The van der Waals surface area contributed by atoms with Crippen LogP contribution in [0.5, 0.6) is 0 Å². The third kappa shape index (κ3) is 4.51. The van der Waals surface area contributed by atoms with Crippen LogP contribution in [-0.4, -0.2) is 15.6 Å². The molecular weight excluding hydrogens is 358 g/mol. The van der Waals surface area contributed by atoms with E-state index in [0.29, 0.717) is 5.56 Å². The fraction of sp³-hybridized carbons (Fsp3) is 0.269. The molecule has 1 aromatic heterocycles. The first-order chi connectivity index (χ1) is 13.7. The molecule has 0 spiro atoms. The molecule has 0 aliphatic heterocycles. The molecule has 0 bridgehead atoms. The van der Waals surface area contributed by atoms with Crippen molar-refractivity contribution in [1.29, 1.82) is 0 Å². The van der Waals surface area contributed by atoms with Crippen molar-refractivity contribution in [3.05, 3.63) is 83.7 Å². The van der Waals surface area contributed by atoms with E-state index in [4.69, 9.17) is 0 Å². The van der Waals surface area contributed by atoms with Crippen LogP contribution in [0.3, 0.4) is 0 Å². The van der Waals surface area contributed by atoms with Gasteiger partial charge in [-0.2, -0.15) is 0 Å². The molecule has 3 nitrogen and oxygen atoms in total. The molecule has 1 N–H and O–H groups in total. The number of carboxylic acid groups (broad SMARTS) is 1. The number of aromatic carboxylic acids is 1. The molecular formula is C26H29NO2. The van der Waals surface area contributed by atoms with Gasteiger partial charge in [0.2, 0.25) is 0 Å². The third-order valence-electron chi connectivity index (χ3n) is 5.07. The average Bonchev–Trinajstić information content (AvgIpc) is 3.05. The number of hydrogen-bond donors (Lipinski definition) is 1. The lowest BCUT2D eigenvalue weighted by molar-refractivity contribution is 0.0697. The van der Waals surface area contributed by atoms with Crippen LogP contribution in [0.15, 0.2) is 66.7 Å². The Morgan fingerprint density at radius 3 is 2.31 bits per heavy atom. The second-order valence-electron chi connectivity index (χ2n) is 8.66. The van der Waals surface area contributed by atoms with Gasteiger partial charge in [0.05, 0.1) is 5.56 Å². The topological polar surface area (TPSA) is 42.2 Å². The molecule has 0 unspecified atom stereocenters. The lowest BCUT2D eigenvalue weighted by atomic mass is 9.88. The number of carboxylic acids is 1. The van der Waals surface area contributed by atoms with Crippen LogP contribution in [0.1, 0.15) is 56.4 Å². The SMILES string of the molecule is C/C=C(\C)c1cc(-c2ccccc2)c(CC(C)(C)C)n1-c1cccc(C(=O)O)c1. The van der Waals surface area contributed by atoms with Crippen molar-refractivity contribution in [2.45, 2.75) is 41.0 Å². The van der Waals surface area contributed by atoms with Gasteiger partial charge in [-0.3, -0.25) is 0 Å². The zero-order valence-corrected chi connectivity index (χ0v) is 17.9. The van der Waals surface area contributed by atoms with Crippen molar-refractivity contribution < 1.29 is 9.90 Å². The Morgan fingerprint density at radius 1 is 1.03 bits per heavy atom. The van der Waals surface area contributed by atoms with E-state index >= 15 is 0 Å². The monoisotopic (exact) mass is 387 g/mol. The maximum Gasteiger partial charge on any atom is 0.335 e. The Hall–Kier alpha value is -3.07. The van der Waals surface area contributed by atoms with E-state index < -0.39 is 5.97 Å². The van der Waals surface area contributed by atoms with E-state index in [1.165, 1.54) is 16.8 Å². The van der Waals surface area contributed by atoms with Crippen LogP contribution in [0, 0.1) is 5.41 Å². The lowest BCUT2D eigenvalue weighted by Crippen LogP contribution is -2.15. The highest BCUT2D eigenvalue weighted by Crippen LogP contribution is 2.37. The minimum Gasteiger partial charge on any atom is -0.478 e. The van der Waals surface area contributed by atoms with E-state index in [2.05, 4.69) is 68.7 Å². The van der Waals surface area contributed by atoms with Gasteiger partial charge in [-0.1, -0.05) is 63.2 Å². The number of nitrogens with zero attached hydrogens (tertiary/aromatic N) is 1. The largest absolute Gasteiger partial charge is 0.478 e. The molecule has 0 amide bonds. The molecule has 3 heteroatoms. The van der Waals surface area contributed by atoms with Crippen molar-refractivity contribution in [1.82, 2.24) is 4.57 Å². The zero-order chi connectivity index (χ0) is 21.2. The summed E-state index contributed by atoms with van der Waals surface area (Å²) in [6, 6.07) is 19.8. The van der Waals surface area contributed by atoms with Crippen LogP contribution < -0.4 is 0 Å². The molecule has 0 radical (unpaired) electrons. The van der Waals surface area contributed by atoms with E-state index in [-0.39, 0.29) is 5.41 Å². The highest BCUT2D eigenvalue weighted by atomic mass is 16.4. The molecule has 0 saturated carbocycles. The Bertz CT molecular complexity index is 1050. The summed E-state index contributed by atoms with van der Waals surface area (Å²) >= 11 is 0. The van der Waals surface area contributed by atoms with Gasteiger partial charge in [0.15, 0.2) is 0 Å². The molecule has 0 saturated heterocycles. The first-order valence-corrected chi connectivity index (χ1v) is 9.98. The summed E-state index contributed by atoms with van der Waals surface area (Å²) in [7, 11) is 0. The van der Waals surface area contributed by atoms with Crippen LogP contribution in [0.2, 0.25) is 0 Å². The smallest absolute Gasteiger partial charge is 0.335 e. The highest BCUT2D eigenvalue weighted by Gasteiger charge is 2.23. The molecule has 2 aromatic carbocycles.